The fraction of sp³-hybridized carbons (Fsp3) is 0.241. The molecule has 1 aromatic heterocycles. The van der Waals surface area contributed by atoms with Crippen molar-refractivity contribution < 1.29 is 19.1 Å². The van der Waals surface area contributed by atoms with E-state index in [1.165, 1.54) is 16.9 Å². The average molecular weight is 529 g/mol. The van der Waals surface area contributed by atoms with E-state index in [2.05, 4.69) is 27.8 Å². The van der Waals surface area contributed by atoms with E-state index in [1.54, 1.807) is 12.1 Å². The molecule has 194 valence electrons. The van der Waals surface area contributed by atoms with Crippen molar-refractivity contribution in [2.75, 3.05) is 12.1 Å². The van der Waals surface area contributed by atoms with Gasteiger partial charge in [-0.25, -0.2) is 0 Å². The number of ether oxygens (including phenoxy) is 2. The van der Waals surface area contributed by atoms with Crippen LogP contribution in [0.1, 0.15) is 41.3 Å². The van der Waals surface area contributed by atoms with Gasteiger partial charge < -0.3 is 14.8 Å². The molecular weight excluding hydrogens is 500 g/mol. The van der Waals surface area contributed by atoms with Crippen LogP contribution in [0.25, 0.3) is 10.6 Å². The lowest BCUT2D eigenvalue weighted by atomic mass is 10.0. The third-order valence-corrected chi connectivity index (χ3v) is 7.10. The Bertz CT molecular complexity index is 1410. The molecule has 1 aliphatic heterocycles. The summed E-state index contributed by atoms with van der Waals surface area (Å²) < 4.78 is 10.8. The highest BCUT2D eigenvalue weighted by Crippen LogP contribution is 2.37. The fourth-order valence-electron chi connectivity index (χ4n) is 4.12. The molecule has 38 heavy (non-hydrogen) atoms. The van der Waals surface area contributed by atoms with Gasteiger partial charge in [0.25, 0.3) is 5.91 Å². The first-order valence-electron chi connectivity index (χ1n) is 12.6. The van der Waals surface area contributed by atoms with Crippen LogP contribution in [0.2, 0.25) is 0 Å². The summed E-state index contributed by atoms with van der Waals surface area (Å²) in [6.45, 7) is 2.34. The SMILES string of the molecule is CCCCc1ccc(C(=O)N[C@@H](Cc2ccccc2)C(=O)Nc2nnc(-c3ccc4c(c3)OCO4)s2)cc1. The summed E-state index contributed by atoms with van der Waals surface area (Å²) in [5.74, 6) is 0.658. The summed E-state index contributed by atoms with van der Waals surface area (Å²) >= 11 is 1.24. The molecule has 4 aromatic rings. The van der Waals surface area contributed by atoms with Gasteiger partial charge in [0.05, 0.1) is 0 Å². The summed E-state index contributed by atoms with van der Waals surface area (Å²) in [6, 6.07) is 21.8. The number of carbonyl (C=O) groups excluding carboxylic acids is 2. The van der Waals surface area contributed by atoms with E-state index in [0.717, 1.165) is 30.4 Å². The van der Waals surface area contributed by atoms with Crippen molar-refractivity contribution >= 4 is 28.3 Å². The predicted octanol–water partition coefficient (Wildman–Crippen LogP) is 5.26. The molecule has 0 spiro atoms. The van der Waals surface area contributed by atoms with Crippen LogP contribution in [-0.4, -0.2) is 34.8 Å². The first kappa shape index (κ1) is 25.4. The Morgan fingerprint density at radius 2 is 1.74 bits per heavy atom. The molecule has 2 amide bonds. The molecule has 0 aliphatic carbocycles. The Morgan fingerprint density at radius 3 is 2.53 bits per heavy atom. The maximum absolute atomic E-state index is 13.3. The number of unbranched alkanes of at least 4 members (excludes halogenated alkanes) is 1. The van der Waals surface area contributed by atoms with Gasteiger partial charge in [0.1, 0.15) is 11.0 Å². The monoisotopic (exact) mass is 528 g/mol. The van der Waals surface area contributed by atoms with Gasteiger partial charge in [-0.15, -0.1) is 10.2 Å². The largest absolute Gasteiger partial charge is 0.454 e. The van der Waals surface area contributed by atoms with Crippen molar-refractivity contribution in [2.45, 2.75) is 38.6 Å². The zero-order valence-corrected chi connectivity index (χ0v) is 21.8. The van der Waals surface area contributed by atoms with Crippen LogP contribution < -0.4 is 20.1 Å². The Labute approximate surface area is 225 Å². The fourth-order valence-corrected chi connectivity index (χ4v) is 4.86. The van der Waals surface area contributed by atoms with Gasteiger partial charge in [-0.1, -0.05) is 67.1 Å². The maximum Gasteiger partial charge on any atom is 0.251 e. The Morgan fingerprint density at radius 1 is 0.947 bits per heavy atom. The number of carbonyl (C=O) groups is 2. The van der Waals surface area contributed by atoms with Gasteiger partial charge in [-0.2, -0.15) is 0 Å². The van der Waals surface area contributed by atoms with Crippen molar-refractivity contribution in [1.29, 1.82) is 0 Å². The van der Waals surface area contributed by atoms with Crippen LogP contribution in [0, 0.1) is 0 Å². The Balaban J connectivity index is 1.29. The van der Waals surface area contributed by atoms with Gasteiger partial charge in [0.15, 0.2) is 11.5 Å². The molecule has 1 atom stereocenters. The van der Waals surface area contributed by atoms with Crippen molar-refractivity contribution in [2.24, 2.45) is 0 Å². The minimum atomic E-state index is -0.803. The lowest BCUT2D eigenvalue weighted by molar-refractivity contribution is -0.118. The summed E-state index contributed by atoms with van der Waals surface area (Å²) in [4.78, 5) is 26.4. The number of nitrogens with one attached hydrogen (secondary N) is 2. The van der Waals surface area contributed by atoms with Gasteiger partial charge in [0.2, 0.25) is 17.8 Å². The number of hydrogen-bond acceptors (Lipinski definition) is 7. The van der Waals surface area contributed by atoms with Crippen LogP contribution in [0.4, 0.5) is 5.13 Å². The van der Waals surface area contributed by atoms with E-state index in [0.29, 0.717) is 33.6 Å². The highest BCUT2D eigenvalue weighted by atomic mass is 32.1. The van der Waals surface area contributed by atoms with E-state index in [4.69, 9.17) is 9.47 Å². The van der Waals surface area contributed by atoms with Crippen LogP contribution >= 0.6 is 11.3 Å². The zero-order chi connectivity index (χ0) is 26.3. The second kappa shape index (κ2) is 11.9. The third kappa shape index (κ3) is 6.18. The van der Waals surface area contributed by atoms with Crippen molar-refractivity contribution in [3.05, 3.63) is 89.5 Å². The molecule has 0 bridgehead atoms. The topological polar surface area (TPSA) is 102 Å². The number of benzene rings is 3. The summed E-state index contributed by atoms with van der Waals surface area (Å²) in [7, 11) is 0. The van der Waals surface area contributed by atoms with Crippen LogP contribution in [-0.2, 0) is 17.6 Å². The van der Waals surface area contributed by atoms with Gasteiger partial charge in [0, 0.05) is 17.5 Å². The summed E-state index contributed by atoms with van der Waals surface area (Å²) in [5.41, 5.74) is 3.44. The number of aryl methyl sites for hydroxylation is 1. The molecule has 3 aromatic carbocycles. The molecular formula is C29H28N4O4S. The molecule has 9 heteroatoms. The number of hydrogen-bond donors (Lipinski definition) is 2. The van der Waals surface area contributed by atoms with E-state index in [1.807, 2.05) is 60.7 Å². The average Bonchev–Trinajstić information content (AvgIpc) is 3.61. The van der Waals surface area contributed by atoms with Crippen LogP contribution in [0.3, 0.4) is 0 Å². The molecule has 0 unspecified atom stereocenters. The second-order valence-corrected chi connectivity index (χ2v) is 9.96. The number of aromatic nitrogens is 2. The molecule has 8 nitrogen and oxygen atoms in total. The molecule has 0 radical (unpaired) electrons. The molecule has 0 saturated carbocycles. The number of amides is 2. The molecule has 0 saturated heterocycles. The van der Waals surface area contributed by atoms with Crippen molar-refractivity contribution in [3.8, 4) is 22.1 Å². The van der Waals surface area contributed by atoms with E-state index in [-0.39, 0.29) is 18.6 Å². The third-order valence-electron chi connectivity index (χ3n) is 6.21. The highest BCUT2D eigenvalue weighted by molar-refractivity contribution is 7.18. The summed E-state index contributed by atoms with van der Waals surface area (Å²) in [6.07, 6.45) is 3.53. The van der Waals surface area contributed by atoms with Crippen molar-refractivity contribution in [3.63, 3.8) is 0 Å². The zero-order valence-electron chi connectivity index (χ0n) is 21.0. The molecule has 5 rings (SSSR count). The van der Waals surface area contributed by atoms with E-state index in [9.17, 15) is 9.59 Å². The van der Waals surface area contributed by atoms with Gasteiger partial charge in [-0.3, -0.25) is 14.9 Å². The lowest BCUT2D eigenvalue weighted by Crippen LogP contribution is -2.45. The minimum Gasteiger partial charge on any atom is -0.454 e. The van der Waals surface area contributed by atoms with Gasteiger partial charge >= 0.3 is 0 Å². The van der Waals surface area contributed by atoms with Crippen LogP contribution in [0.5, 0.6) is 11.5 Å². The number of anilines is 1. The highest BCUT2D eigenvalue weighted by Gasteiger charge is 2.24. The standard InChI is InChI=1S/C29H28N4O4S/c1-2-3-7-19-10-12-21(13-11-19)26(34)30-23(16-20-8-5-4-6-9-20)27(35)31-29-33-32-28(38-29)22-14-15-24-25(17-22)37-18-36-24/h4-6,8-15,17,23H,2-3,7,16,18H2,1H3,(H,30,34)(H,31,33,35)/t23-/m0/s1. The van der Waals surface area contributed by atoms with Crippen LogP contribution in [0.15, 0.2) is 72.8 Å². The first-order valence-corrected chi connectivity index (χ1v) is 13.4. The molecule has 2 N–H and O–H groups in total. The molecule has 1 aliphatic rings. The molecule has 2 heterocycles. The second-order valence-electron chi connectivity index (χ2n) is 8.99. The number of fused-ring (bicyclic) bond motifs is 1. The van der Waals surface area contributed by atoms with E-state index >= 15 is 0 Å². The number of nitrogens with zero attached hydrogens (tertiary/aromatic N) is 2. The van der Waals surface area contributed by atoms with E-state index < -0.39 is 6.04 Å². The first-order chi connectivity index (χ1) is 18.6. The Hall–Kier alpha value is -4.24. The Kier molecular flexibility index (Phi) is 7.94. The smallest absolute Gasteiger partial charge is 0.251 e. The minimum absolute atomic E-state index is 0.188. The quantitative estimate of drug-likeness (QED) is 0.291. The van der Waals surface area contributed by atoms with Crippen molar-refractivity contribution in [1.82, 2.24) is 15.5 Å². The normalized spacial score (nSPS) is 12.7. The molecule has 0 fully saturated rings. The number of rotatable bonds is 10. The maximum atomic E-state index is 13.3. The lowest BCUT2D eigenvalue weighted by Gasteiger charge is -2.18. The van der Waals surface area contributed by atoms with Gasteiger partial charge in [-0.05, 0) is 54.3 Å². The summed E-state index contributed by atoms with van der Waals surface area (Å²) in [5, 5.41) is 15.1. The predicted molar refractivity (Wildman–Crippen MR) is 147 cm³/mol.